The Hall–Kier alpha value is -3.61. The lowest BCUT2D eigenvalue weighted by Crippen LogP contribution is -2.44. The molecule has 30 heavy (non-hydrogen) atoms. The maximum absolute atomic E-state index is 12.8. The van der Waals surface area contributed by atoms with Gasteiger partial charge in [-0.15, -0.1) is 0 Å². The highest BCUT2D eigenvalue weighted by Gasteiger charge is 2.34. The van der Waals surface area contributed by atoms with Crippen molar-refractivity contribution in [3.8, 4) is 16.9 Å². The normalized spacial score (nSPS) is 15.8. The lowest BCUT2D eigenvalue weighted by atomic mass is 10.1. The molecule has 1 saturated heterocycles. The van der Waals surface area contributed by atoms with Gasteiger partial charge in [0.2, 0.25) is 11.8 Å². The summed E-state index contributed by atoms with van der Waals surface area (Å²) >= 11 is 0. The molecule has 0 spiro atoms. The monoisotopic (exact) mass is 404 g/mol. The number of amides is 2. The number of nitrogens with zero attached hydrogens (tertiary/aromatic N) is 3. The molecule has 1 aliphatic heterocycles. The van der Waals surface area contributed by atoms with Gasteiger partial charge in [0.1, 0.15) is 18.3 Å². The average molecular weight is 404 g/mol. The van der Waals surface area contributed by atoms with Crippen LogP contribution in [-0.4, -0.2) is 46.2 Å². The smallest absolute Gasteiger partial charge is 0.247 e. The summed E-state index contributed by atoms with van der Waals surface area (Å²) in [5.41, 5.74) is 2.78. The van der Waals surface area contributed by atoms with Crippen LogP contribution in [0.15, 0.2) is 67.0 Å². The van der Waals surface area contributed by atoms with Crippen molar-refractivity contribution in [3.63, 3.8) is 0 Å². The van der Waals surface area contributed by atoms with Crippen molar-refractivity contribution in [3.05, 3.63) is 67.0 Å². The average Bonchev–Trinajstić information content (AvgIpc) is 3.46. The number of likely N-dealkylation sites (tertiary alicyclic amines) is 1. The van der Waals surface area contributed by atoms with E-state index in [1.807, 2.05) is 48.5 Å². The molecule has 1 fully saturated rings. The first kappa shape index (κ1) is 19.7. The number of hydrogen-bond acceptors (Lipinski definition) is 4. The van der Waals surface area contributed by atoms with E-state index in [9.17, 15) is 9.59 Å². The van der Waals surface area contributed by atoms with Crippen molar-refractivity contribution in [2.45, 2.75) is 25.4 Å². The standard InChI is InChI=1S/C23H24N4O3/c1-30-20-6-2-5-18(15-20)17-8-10-19(11-9-17)25-23(29)21-7-3-14-27(21)22(28)16-26-13-4-12-24-26/h2,4-6,8-13,15,21H,3,7,14,16H2,1H3,(H,25,29)/t21-/m1/s1. The summed E-state index contributed by atoms with van der Waals surface area (Å²) < 4.78 is 6.85. The van der Waals surface area contributed by atoms with Gasteiger partial charge in [0, 0.05) is 24.6 Å². The first-order valence-electron chi connectivity index (χ1n) is 9.96. The number of aromatic nitrogens is 2. The second-order valence-electron chi connectivity index (χ2n) is 7.25. The second kappa shape index (κ2) is 8.82. The molecular weight excluding hydrogens is 380 g/mol. The lowest BCUT2D eigenvalue weighted by molar-refractivity contribution is -0.137. The number of rotatable bonds is 6. The van der Waals surface area contributed by atoms with Gasteiger partial charge in [0.25, 0.3) is 0 Å². The predicted octanol–water partition coefficient (Wildman–Crippen LogP) is 3.19. The largest absolute Gasteiger partial charge is 0.497 e. The zero-order chi connectivity index (χ0) is 20.9. The molecule has 7 nitrogen and oxygen atoms in total. The van der Waals surface area contributed by atoms with Crippen molar-refractivity contribution >= 4 is 17.5 Å². The third kappa shape index (κ3) is 4.35. The van der Waals surface area contributed by atoms with Crippen LogP contribution >= 0.6 is 0 Å². The Morgan fingerprint density at radius 3 is 2.70 bits per heavy atom. The molecule has 4 rings (SSSR count). The molecule has 0 unspecified atom stereocenters. The zero-order valence-corrected chi connectivity index (χ0v) is 16.8. The van der Waals surface area contributed by atoms with Crippen LogP contribution in [0.2, 0.25) is 0 Å². The fourth-order valence-electron chi connectivity index (χ4n) is 3.74. The summed E-state index contributed by atoms with van der Waals surface area (Å²) in [6.07, 6.45) is 4.86. The maximum atomic E-state index is 12.8. The van der Waals surface area contributed by atoms with Gasteiger partial charge in [-0.3, -0.25) is 14.3 Å². The molecule has 1 atom stereocenters. The first-order chi connectivity index (χ1) is 14.6. The third-order valence-corrected chi connectivity index (χ3v) is 5.29. The molecule has 2 heterocycles. The van der Waals surface area contributed by atoms with Crippen molar-refractivity contribution in [1.29, 1.82) is 0 Å². The third-order valence-electron chi connectivity index (χ3n) is 5.29. The van der Waals surface area contributed by atoms with E-state index in [1.54, 1.807) is 35.2 Å². The van der Waals surface area contributed by atoms with E-state index in [4.69, 9.17) is 4.74 Å². The van der Waals surface area contributed by atoms with Crippen LogP contribution in [0.3, 0.4) is 0 Å². The number of anilines is 1. The fraction of sp³-hybridized carbons (Fsp3) is 0.261. The molecular formula is C23H24N4O3. The predicted molar refractivity (Wildman–Crippen MR) is 114 cm³/mol. The summed E-state index contributed by atoms with van der Waals surface area (Å²) in [5, 5.41) is 7.02. The number of ether oxygens (including phenoxy) is 1. The van der Waals surface area contributed by atoms with Gasteiger partial charge in [0.15, 0.2) is 0 Å². The van der Waals surface area contributed by atoms with Gasteiger partial charge in [-0.05, 0) is 54.3 Å². The molecule has 1 N–H and O–H groups in total. The molecule has 1 aliphatic rings. The Kier molecular flexibility index (Phi) is 5.79. The molecule has 3 aromatic rings. The maximum Gasteiger partial charge on any atom is 0.247 e. The van der Waals surface area contributed by atoms with Crippen molar-refractivity contribution in [1.82, 2.24) is 14.7 Å². The number of carbonyl (C=O) groups excluding carboxylic acids is 2. The quantitative estimate of drug-likeness (QED) is 0.685. The van der Waals surface area contributed by atoms with E-state index >= 15 is 0 Å². The topological polar surface area (TPSA) is 76.5 Å². The van der Waals surface area contributed by atoms with E-state index in [2.05, 4.69) is 10.4 Å². The van der Waals surface area contributed by atoms with Crippen LogP contribution in [0.1, 0.15) is 12.8 Å². The molecule has 0 bridgehead atoms. The number of carbonyl (C=O) groups is 2. The summed E-state index contributed by atoms with van der Waals surface area (Å²) in [5.74, 6) is 0.547. The van der Waals surface area contributed by atoms with Gasteiger partial charge in [-0.2, -0.15) is 5.10 Å². The van der Waals surface area contributed by atoms with Gasteiger partial charge in [-0.25, -0.2) is 0 Å². The fourth-order valence-corrected chi connectivity index (χ4v) is 3.74. The summed E-state index contributed by atoms with van der Waals surface area (Å²) in [6.45, 7) is 0.735. The van der Waals surface area contributed by atoms with E-state index in [0.717, 1.165) is 23.3 Å². The molecule has 154 valence electrons. The molecule has 1 aromatic heterocycles. The highest BCUT2D eigenvalue weighted by atomic mass is 16.5. The molecule has 2 aromatic carbocycles. The molecule has 7 heteroatoms. The molecule has 0 saturated carbocycles. The zero-order valence-electron chi connectivity index (χ0n) is 16.8. The van der Waals surface area contributed by atoms with Gasteiger partial charge >= 0.3 is 0 Å². The Labute approximate surface area is 175 Å². The van der Waals surface area contributed by atoms with Crippen molar-refractivity contribution in [2.24, 2.45) is 0 Å². The van der Waals surface area contributed by atoms with E-state index in [-0.39, 0.29) is 18.4 Å². The number of hydrogen-bond donors (Lipinski definition) is 1. The van der Waals surface area contributed by atoms with Crippen LogP contribution < -0.4 is 10.1 Å². The minimum atomic E-state index is -0.453. The van der Waals surface area contributed by atoms with Gasteiger partial charge < -0.3 is 15.0 Å². The van der Waals surface area contributed by atoms with E-state index in [1.165, 1.54) is 0 Å². The van der Waals surface area contributed by atoms with Crippen LogP contribution in [0.25, 0.3) is 11.1 Å². The van der Waals surface area contributed by atoms with Crippen molar-refractivity contribution in [2.75, 3.05) is 19.0 Å². The van der Waals surface area contributed by atoms with Crippen LogP contribution in [0.5, 0.6) is 5.75 Å². The van der Waals surface area contributed by atoms with Gasteiger partial charge in [0.05, 0.1) is 7.11 Å². The van der Waals surface area contributed by atoms with Crippen molar-refractivity contribution < 1.29 is 14.3 Å². The Bertz CT molecular complexity index is 1020. The second-order valence-corrected chi connectivity index (χ2v) is 7.25. The number of benzene rings is 2. The van der Waals surface area contributed by atoms with Crippen LogP contribution in [0, 0.1) is 0 Å². The van der Waals surface area contributed by atoms with Gasteiger partial charge in [-0.1, -0.05) is 24.3 Å². The first-order valence-corrected chi connectivity index (χ1v) is 9.96. The molecule has 0 aliphatic carbocycles. The minimum Gasteiger partial charge on any atom is -0.497 e. The highest BCUT2D eigenvalue weighted by molar-refractivity contribution is 5.97. The highest BCUT2D eigenvalue weighted by Crippen LogP contribution is 2.26. The van der Waals surface area contributed by atoms with E-state index < -0.39 is 6.04 Å². The Morgan fingerprint density at radius 2 is 1.97 bits per heavy atom. The SMILES string of the molecule is COc1cccc(-c2ccc(NC(=O)[C@H]3CCCN3C(=O)Cn3cccn3)cc2)c1. The lowest BCUT2D eigenvalue weighted by Gasteiger charge is -2.24. The van der Waals surface area contributed by atoms with E-state index in [0.29, 0.717) is 18.7 Å². The summed E-state index contributed by atoms with van der Waals surface area (Å²) in [6, 6.07) is 16.8. The van der Waals surface area contributed by atoms with Crippen LogP contribution in [0.4, 0.5) is 5.69 Å². The Morgan fingerprint density at radius 1 is 1.13 bits per heavy atom. The molecule has 2 amide bonds. The summed E-state index contributed by atoms with van der Waals surface area (Å²) in [7, 11) is 1.64. The number of methoxy groups -OCH3 is 1. The Balaban J connectivity index is 1.40. The number of nitrogens with one attached hydrogen (secondary N) is 1. The minimum absolute atomic E-state index is 0.0928. The molecule has 0 radical (unpaired) electrons. The van der Waals surface area contributed by atoms with Crippen LogP contribution in [-0.2, 0) is 16.1 Å². The summed E-state index contributed by atoms with van der Waals surface area (Å²) in [4.78, 5) is 27.1.